The fourth-order valence-electron chi connectivity index (χ4n) is 2.31. The zero-order chi connectivity index (χ0) is 18.6. The van der Waals surface area contributed by atoms with E-state index >= 15 is 0 Å². The maximum atomic E-state index is 12.2. The van der Waals surface area contributed by atoms with E-state index < -0.39 is 36.1 Å². The molecule has 0 aliphatic carbocycles. The van der Waals surface area contributed by atoms with Crippen molar-refractivity contribution in [3.8, 4) is 0 Å². The van der Waals surface area contributed by atoms with Gasteiger partial charge >= 0.3 is 12.1 Å². The lowest BCUT2D eigenvalue weighted by atomic mass is 10.2. The summed E-state index contributed by atoms with van der Waals surface area (Å²) in [7, 11) is 0. The van der Waals surface area contributed by atoms with Crippen LogP contribution in [-0.4, -0.2) is 57.5 Å². The van der Waals surface area contributed by atoms with Crippen molar-refractivity contribution in [2.75, 3.05) is 13.2 Å². The van der Waals surface area contributed by atoms with E-state index in [0.717, 1.165) is 0 Å². The highest BCUT2D eigenvalue weighted by Crippen LogP contribution is 2.21. The number of carbonyl (C=O) groups excluding carboxylic acids is 3. The van der Waals surface area contributed by atoms with Crippen LogP contribution in [-0.2, 0) is 14.3 Å². The summed E-state index contributed by atoms with van der Waals surface area (Å²) in [4.78, 5) is 45.2. The Morgan fingerprint density at radius 3 is 2.60 bits per heavy atom. The summed E-state index contributed by atoms with van der Waals surface area (Å²) in [6.45, 7) is 5.18. The molecule has 1 amide bonds. The Morgan fingerprint density at radius 1 is 1.28 bits per heavy atom. The number of amides is 1. The van der Waals surface area contributed by atoms with Gasteiger partial charge in [-0.1, -0.05) is 11.6 Å². The minimum Gasteiger partial charge on any atom is -0.456 e. The summed E-state index contributed by atoms with van der Waals surface area (Å²) in [5, 5.41) is 0.160. The van der Waals surface area contributed by atoms with Gasteiger partial charge in [-0.05, 0) is 33.6 Å². The van der Waals surface area contributed by atoms with Gasteiger partial charge in [-0.2, -0.15) is 0 Å². The first kappa shape index (κ1) is 19.1. The molecule has 1 saturated heterocycles. The van der Waals surface area contributed by atoms with E-state index in [2.05, 4.69) is 9.97 Å². The second-order valence-corrected chi connectivity index (χ2v) is 6.97. The van der Waals surface area contributed by atoms with Crippen LogP contribution < -0.4 is 0 Å². The summed E-state index contributed by atoms with van der Waals surface area (Å²) in [5.41, 5.74) is -0.607. The third-order valence-electron chi connectivity index (χ3n) is 3.40. The standard InChI is InChI=1S/C16H20ClN3O5/c1-16(2,3)25-15(23)20-6-4-5-11(20)14(22)24-9-12(21)10-7-19-13(17)8-18-10/h7-8,11H,4-6,9H2,1-3H3/t11-/m0/s1. The number of likely N-dealkylation sites (tertiary alicyclic amines) is 1. The Kier molecular flexibility index (Phi) is 5.94. The maximum Gasteiger partial charge on any atom is 0.411 e. The highest BCUT2D eigenvalue weighted by Gasteiger charge is 2.37. The number of nitrogens with zero attached hydrogens (tertiary/aromatic N) is 3. The smallest absolute Gasteiger partial charge is 0.411 e. The molecule has 0 N–H and O–H groups in total. The van der Waals surface area contributed by atoms with Crippen LogP contribution in [0.15, 0.2) is 12.4 Å². The van der Waals surface area contributed by atoms with Crippen LogP contribution in [0.5, 0.6) is 0 Å². The molecule has 0 aromatic carbocycles. The van der Waals surface area contributed by atoms with Crippen molar-refractivity contribution >= 4 is 29.4 Å². The normalized spacial score (nSPS) is 17.3. The molecule has 1 aliphatic heterocycles. The van der Waals surface area contributed by atoms with Gasteiger partial charge in [0.2, 0.25) is 5.78 Å². The SMILES string of the molecule is CC(C)(C)OC(=O)N1CCC[C@H]1C(=O)OCC(=O)c1cnc(Cl)cn1. The molecule has 0 radical (unpaired) electrons. The van der Waals surface area contributed by atoms with Crippen LogP contribution >= 0.6 is 11.6 Å². The van der Waals surface area contributed by atoms with Gasteiger partial charge in [0.1, 0.15) is 22.5 Å². The fraction of sp³-hybridized carbons (Fsp3) is 0.562. The van der Waals surface area contributed by atoms with E-state index in [0.29, 0.717) is 19.4 Å². The summed E-state index contributed by atoms with van der Waals surface area (Å²) >= 11 is 5.60. The average molecular weight is 370 g/mol. The number of Topliss-reactive ketones (excluding diaryl/α,β-unsaturated/α-hetero) is 1. The van der Waals surface area contributed by atoms with Gasteiger partial charge in [0.15, 0.2) is 6.61 Å². The first-order valence-electron chi connectivity index (χ1n) is 7.84. The number of ketones is 1. The Morgan fingerprint density at radius 2 is 2.00 bits per heavy atom. The number of hydrogen-bond acceptors (Lipinski definition) is 7. The molecule has 1 aromatic rings. The fourth-order valence-corrected chi connectivity index (χ4v) is 2.41. The first-order valence-corrected chi connectivity index (χ1v) is 8.22. The molecule has 1 aliphatic rings. The Balaban J connectivity index is 1.92. The van der Waals surface area contributed by atoms with Crippen molar-refractivity contribution in [1.82, 2.24) is 14.9 Å². The van der Waals surface area contributed by atoms with Gasteiger partial charge in [-0.3, -0.25) is 9.69 Å². The predicted molar refractivity (Wildman–Crippen MR) is 88.3 cm³/mol. The zero-order valence-corrected chi connectivity index (χ0v) is 15.1. The molecule has 8 nitrogen and oxygen atoms in total. The highest BCUT2D eigenvalue weighted by atomic mass is 35.5. The third-order valence-corrected chi connectivity index (χ3v) is 3.60. The number of hydrogen-bond donors (Lipinski definition) is 0. The highest BCUT2D eigenvalue weighted by molar-refractivity contribution is 6.29. The van der Waals surface area contributed by atoms with Crippen molar-refractivity contribution < 1.29 is 23.9 Å². The zero-order valence-electron chi connectivity index (χ0n) is 14.3. The number of ether oxygens (including phenoxy) is 2. The molecule has 0 bridgehead atoms. The minimum atomic E-state index is -0.751. The van der Waals surface area contributed by atoms with Crippen molar-refractivity contribution in [3.05, 3.63) is 23.2 Å². The van der Waals surface area contributed by atoms with Crippen LogP contribution in [0.4, 0.5) is 4.79 Å². The van der Waals surface area contributed by atoms with Gasteiger partial charge in [0.05, 0.1) is 12.4 Å². The van der Waals surface area contributed by atoms with E-state index in [1.165, 1.54) is 17.3 Å². The second kappa shape index (κ2) is 7.77. The average Bonchev–Trinajstić information content (AvgIpc) is 3.01. The predicted octanol–water partition coefficient (Wildman–Crippen LogP) is 2.26. The molecule has 0 spiro atoms. The van der Waals surface area contributed by atoms with E-state index in [1.807, 2.05) is 0 Å². The molecule has 136 valence electrons. The van der Waals surface area contributed by atoms with E-state index in [-0.39, 0.29) is 10.8 Å². The minimum absolute atomic E-state index is 0.0487. The topological polar surface area (TPSA) is 98.7 Å². The van der Waals surface area contributed by atoms with Crippen molar-refractivity contribution in [1.29, 1.82) is 0 Å². The van der Waals surface area contributed by atoms with Gasteiger partial charge < -0.3 is 9.47 Å². The van der Waals surface area contributed by atoms with Crippen molar-refractivity contribution in [2.24, 2.45) is 0 Å². The Hall–Kier alpha value is -2.22. The Labute approximate surface area is 150 Å². The van der Waals surface area contributed by atoms with Gasteiger partial charge in [-0.25, -0.2) is 19.6 Å². The maximum absolute atomic E-state index is 12.2. The van der Waals surface area contributed by atoms with Gasteiger partial charge in [0.25, 0.3) is 0 Å². The monoisotopic (exact) mass is 369 g/mol. The van der Waals surface area contributed by atoms with Gasteiger partial charge in [0, 0.05) is 6.54 Å². The molecule has 1 atom stereocenters. The molecule has 2 heterocycles. The molecule has 1 aromatic heterocycles. The number of halogens is 1. The summed E-state index contributed by atoms with van der Waals surface area (Å²) in [5.74, 6) is -1.14. The lowest BCUT2D eigenvalue weighted by Gasteiger charge is -2.27. The summed E-state index contributed by atoms with van der Waals surface area (Å²) in [6, 6.07) is -0.751. The molecular formula is C16H20ClN3O5. The first-order chi connectivity index (χ1) is 11.7. The van der Waals surface area contributed by atoms with Crippen LogP contribution in [0.1, 0.15) is 44.1 Å². The van der Waals surface area contributed by atoms with E-state index in [1.54, 1.807) is 20.8 Å². The van der Waals surface area contributed by atoms with Crippen molar-refractivity contribution in [2.45, 2.75) is 45.3 Å². The third kappa shape index (κ3) is 5.38. The Bertz CT molecular complexity index is 657. The largest absolute Gasteiger partial charge is 0.456 e. The summed E-state index contributed by atoms with van der Waals surface area (Å²) in [6.07, 6.45) is 3.00. The number of esters is 1. The molecule has 0 saturated carbocycles. The molecule has 1 fully saturated rings. The number of rotatable bonds is 4. The molecule has 2 rings (SSSR count). The number of aromatic nitrogens is 2. The van der Waals surface area contributed by atoms with Crippen LogP contribution in [0.25, 0.3) is 0 Å². The van der Waals surface area contributed by atoms with E-state index in [4.69, 9.17) is 21.1 Å². The van der Waals surface area contributed by atoms with E-state index in [9.17, 15) is 14.4 Å². The van der Waals surface area contributed by atoms with Crippen molar-refractivity contribution in [3.63, 3.8) is 0 Å². The lowest BCUT2D eigenvalue weighted by Crippen LogP contribution is -2.44. The molecular weight excluding hydrogens is 350 g/mol. The van der Waals surface area contributed by atoms with Crippen LogP contribution in [0, 0.1) is 0 Å². The summed E-state index contributed by atoms with van der Waals surface area (Å²) < 4.78 is 10.3. The molecule has 0 unspecified atom stereocenters. The van der Waals surface area contributed by atoms with Gasteiger partial charge in [-0.15, -0.1) is 0 Å². The van der Waals surface area contributed by atoms with Crippen LogP contribution in [0.3, 0.4) is 0 Å². The van der Waals surface area contributed by atoms with Crippen LogP contribution in [0.2, 0.25) is 5.15 Å². The molecule has 9 heteroatoms. The second-order valence-electron chi connectivity index (χ2n) is 6.59. The molecule has 25 heavy (non-hydrogen) atoms. The lowest BCUT2D eigenvalue weighted by molar-refractivity contribution is -0.147. The quantitative estimate of drug-likeness (QED) is 0.592. The number of carbonyl (C=O) groups is 3.